The summed E-state index contributed by atoms with van der Waals surface area (Å²) in [5, 5.41) is 2.83. The highest BCUT2D eigenvalue weighted by atomic mass is 32.2. The van der Waals surface area contributed by atoms with Gasteiger partial charge in [0.1, 0.15) is 0 Å². The molecule has 0 aliphatic heterocycles. The molecule has 0 aromatic heterocycles. The summed E-state index contributed by atoms with van der Waals surface area (Å²) in [4.78, 5) is 23.4. The Morgan fingerprint density at radius 1 is 0.926 bits per heavy atom. The fourth-order valence-electron chi connectivity index (χ4n) is 2.35. The maximum absolute atomic E-state index is 12.4. The molecule has 0 fully saturated rings. The van der Waals surface area contributed by atoms with Gasteiger partial charge < -0.3 is 5.32 Å². The summed E-state index contributed by atoms with van der Waals surface area (Å²) in [6, 6.07) is 11.9. The Balaban J connectivity index is 2.04. The van der Waals surface area contributed by atoms with Gasteiger partial charge in [-0.25, -0.2) is 8.42 Å². The number of sulfonamides is 1. The fraction of sp³-hybridized carbons (Fsp3) is 0.300. The van der Waals surface area contributed by atoms with Gasteiger partial charge in [0.15, 0.2) is 5.78 Å². The van der Waals surface area contributed by atoms with E-state index in [1.54, 1.807) is 24.3 Å². The van der Waals surface area contributed by atoms with Gasteiger partial charge in [-0.15, -0.1) is 0 Å². The molecular weight excluding hydrogens is 364 g/mol. The number of carbonyl (C=O) groups excluding carboxylic acids is 2. The lowest BCUT2D eigenvalue weighted by Gasteiger charge is -2.10. The molecule has 0 heterocycles. The summed E-state index contributed by atoms with van der Waals surface area (Å²) in [6.45, 7) is 6.19. The summed E-state index contributed by atoms with van der Waals surface area (Å²) in [7, 11) is -3.77. The standard InChI is InChI=1S/C20H24N2O4S/c1-14(2)12-13-21-20(24)17-4-8-18(9-5-17)22-27(25,26)19-10-6-16(7-11-19)15(3)23/h4-11,14,22H,12-13H2,1-3H3,(H,21,24). The summed E-state index contributed by atoms with van der Waals surface area (Å²) in [6.07, 6.45) is 0.895. The lowest BCUT2D eigenvalue weighted by molar-refractivity contribution is 0.0951. The molecule has 0 saturated carbocycles. The van der Waals surface area contributed by atoms with E-state index in [4.69, 9.17) is 0 Å². The third-order valence-corrected chi connectivity index (χ3v) is 5.37. The molecule has 27 heavy (non-hydrogen) atoms. The van der Waals surface area contributed by atoms with Crippen molar-refractivity contribution in [1.82, 2.24) is 5.32 Å². The van der Waals surface area contributed by atoms with Crippen LogP contribution in [0.15, 0.2) is 53.4 Å². The Labute approximate surface area is 160 Å². The number of amides is 1. The molecule has 2 N–H and O–H groups in total. The first kappa shape index (κ1) is 20.6. The van der Waals surface area contributed by atoms with E-state index in [1.807, 2.05) is 0 Å². The summed E-state index contributed by atoms with van der Waals surface area (Å²) >= 11 is 0. The Morgan fingerprint density at radius 2 is 1.48 bits per heavy atom. The molecular formula is C20H24N2O4S. The van der Waals surface area contributed by atoms with Crippen LogP contribution in [0.2, 0.25) is 0 Å². The van der Waals surface area contributed by atoms with Gasteiger partial charge in [-0.3, -0.25) is 14.3 Å². The number of carbonyl (C=O) groups is 2. The van der Waals surface area contributed by atoms with Gasteiger partial charge in [0.2, 0.25) is 0 Å². The van der Waals surface area contributed by atoms with Crippen LogP contribution in [0, 0.1) is 5.92 Å². The second kappa shape index (κ2) is 8.81. The molecule has 0 radical (unpaired) electrons. The second-order valence-corrected chi connectivity index (χ2v) is 8.38. The van der Waals surface area contributed by atoms with Crippen LogP contribution < -0.4 is 10.0 Å². The van der Waals surface area contributed by atoms with E-state index >= 15 is 0 Å². The van der Waals surface area contributed by atoms with E-state index < -0.39 is 10.0 Å². The van der Waals surface area contributed by atoms with Crippen molar-refractivity contribution < 1.29 is 18.0 Å². The quantitative estimate of drug-likeness (QED) is 0.677. The van der Waals surface area contributed by atoms with Crippen LogP contribution in [0.1, 0.15) is 47.9 Å². The van der Waals surface area contributed by atoms with Gasteiger partial charge in [-0.05, 0) is 55.7 Å². The van der Waals surface area contributed by atoms with Gasteiger partial charge >= 0.3 is 0 Å². The Bertz CT molecular complexity index is 902. The molecule has 0 unspecified atom stereocenters. The zero-order valence-corrected chi connectivity index (χ0v) is 16.5. The predicted molar refractivity (Wildman–Crippen MR) is 105 cm³/mol. The molecule has 2 aromatic carbocycles. The van der Waals surface area contributed by atoms with Crippen molar-refractivity contribution in [2.75, 3.05) is 11.3 Å². The average molecular weight is 388 g/mol. The maximum Gasteiger partial charge on any atom is 0.261 e. The number of hydrogen-bond donors (Lipinski definition) is 2. The smallest absolute Gasteiger partial charge is 0.261 e. The number of nitrogens with one attached hydrogen (secondary N) is 2. The van der Waals surface area contributed by atoms with Crippen molar-refractivity contribution in [3.8, 4) is 0 Å². The number of ketones is 1. The normalized spacial score (nSPS) is 11.3. The number of benzene rings is 2. The molecule has 0 aliphatic rings. The first-order valence-electron chi connectivity index (χ1n) is 8.71. The van der Waals surface area contributed by atoms with Gasteiger partial charge in [-0.2, -0.15) is 0 Å². The van der Waals surface area contributed by atoms with E-state index in [0.29, 0.717) is 29.3 Å². The van der Waals surface area contributed by atoms with Gasteiger partial charge in [0.25, 0.3) is 15.9 Å². The Morgan fingerprint density at radius 3 is 2.00 bits per heavy atom. The zero-order chi connectivity index (χ0) is 20.0. The van der Waals surface area contributed by atoms with Gasteiger partial charge in [0.05, 0.1) is 4.90 Å². The van der Waals surface area contributed by atoms with Crippen molar-refractivity contribution in [3.63, 3.8) is 0 Å². The van der Waals surface area contributed by atoms with Crippen LogP contribution in [0.25, 0.3) is 0 Å². The average Bonchev–Trinajstić information content (AvgIpc) is 2.61. The Hall–Kier alpha value is -2.67. The minimum atomic E-state index is -3.77. The lowest BCUT2D eigenvalue weighted by atomic mass is 10.1. The van der Waals surface area contributed by atoms with Crippen LogP contribution in [-0.2, 0) is 10.0 Å². The molecule has 6 nitrogen and oxygen atoms in total. The first-order chi connectivity index (χ1) is 12.7. The number of Topliss-reactive ketones (excluding diaryl/α,β-unsaturated/α-hetero) is 1. The van der Waals surface area contributed by atoms with Crippen LogP contribution >= 0.6 is 0 Å². The van der Waals surface area contributed by atoms with E-state index in [2.05, 4.69) is 23.9 Å². The molecule has 144 valence electrons. The molecule has 0 spiro atoms. The van der Waals surface area contributed by atoms with Crippen LogP contribution in [0.5, 0.6) is 0 Å². The third kappa shape index (κ3) is 5.92. The highest BCUT2D eigenvalue weighted by Gasteiger charge is 2.15. The summed E-state index contributed by atoms with van der Waals surface area (Å²) in [5.74, 6) is 0.186. The van der Waals surface area contributed by atoms with Crippen molar-refractivity contribution in [2.24, 2.45) is 5.92 Å². The van der Waals surface area contributed by atoms with Crippen molar-refractivity contribution in [3.05, 3.63) is 59.7 Å². The topological polar surface area (TPSA) is 92.3 Å². The Kier molecular flexibility index (Phi) is 6.74. The summed E-state index contributed by atoms with van der Waals surface area (Å²) in [5.41, 5.74) is 1.26. The maximum atomic E-state index is 12.4. The minimum absolute atomic E-state index is 0.0583. The molecule has 2 aromatic rings. The highest BCUT2D eigenvalue weighted by Crippen LogP contribution is 2.17. The number of rotatable bonds is 8. The van der Waals surface area contributed by atoms with Crippen LogP contribution in [-0.4, -0.2) is 26.7 Å². The molecule has 0 bridgehead atoms. The first-order valence-corrected chi connectivity index (χ1v) is 10.2. The minimum Gasteiger partial charge on any atom is -0.352 e. The van der Waals surface area contributed by atoms with Gasteiger partial charge in [-0.1, -0.05) is 26.0 Å². The fourth-order valence-corrected chi connectivity index (χ4v) is 3.41. The number of anilines is 1. The molecule has 7 heteroatoms. The molecule has 0 atom stereocenters. The van der Waals surface area contributed by atoms with E-state index in [0.717, 1.165) is 6.42 Å². The van der Waals surface area contributed by atoms with E-state index in [1.165, 1.54) is 31.2 Å². The third-order valence-electron chi connectivity index (χ3n) is 3.98. The van der Waals surface area contributed by atoms with E-state index in [9.17, 15) is 18.0 Å². The van der Waals surface area contributed by atoms with Crippen LogP contribution in [0.3, 0.4) is 0 Å². The SMILES string of the molecule is CC(=O)c1ccc(S(=O)(=O)Nc2ccc(C(=O)NCCC(C)C)cc2)cc1. The summed E-state index contributed by atoms with van der Waals surface area (Å²) < 4.78 is 27.3. The lowest BCUT2D eigenvalue weighted by Crippen LogP contribution is -2.25. The highest BCUT2D eigenvalue weighted by molar-refractivity contribution is 7.92. The van der Waals surface area contributed by atoms with Crippen LogP contribution in [0.4, 0.5) is 5.69 Å². The molecule has 0 saturated heterocycles. The van der Waals surface area contributed by atoms with E-state index in [-0.39, 0.29) is 16.6 Å². The largest absolute Gasteiger partial charge is 0.352 e. The van der Waals surface area contributed by atoms with Crippen molar-refractivity contribution in [2.45, 2.75) is 32.1 Å². The van der Waals surface area contributed by atoms with Crippen molar-refractivity contribution in [1.29, 1.82) is 0 Å². The monoisotopic (exact) mass is 388 g/mol. The molecule has 0 aliphatic carbocycles. The second-order valence-electron chi connectivity index (χ2n) is 6.70. The zero-order valence-electron chi connectivity index (χ0n) is 15.7. The number of hydrogen-bond acceptors (Lipinski definition) is 4. The predicted octanol–water partition coefficient (Wildman–Crippen LogP) is 3.47. The van der Waals surface area contributed by atoms with Crippen molar-refractivity contribution >= 4 is 27.4 Å². The molecule has 2 rings (SSSR count). The molecule has 1 amide bonds. The van der Waals surface area contributed by atoms with Gasteiger partial charge in [0, 0.05) is 23.4 Å².